The molecule has 5 heterocycles. The zero-order valence-electron chi connectivity index (χ0n) is 19.2. The Balaban J connectivity index is 1.34. The quantitative estimate of drug-likeness (QED) is 0.143. The lowest BCUT2D eigenvalue weighted by Gasteiger charge is -2.50. The van der Waals surface area contributed by atoms with Crippen LogP contribution in [0.2, 0.25) is 0 Å². The molecule has 4 N–H and O–H groups in total. The van der Waals surface area contributed by atoms with Crippen molar-refractivity contribution < 1.29 is 33.7 Å². The number of amides is 3. The Morgan fingerprint density at radius 2 is 2.11 bits per heavy atom. The molecule has 37 heavy (non-hydrogen) atoms. The van der Waals surface area contributed by atoms with Crippen molar-refractivity contribution in [3.8, 4) is 0 Å². The number of carboxylic acids is 1. The van der Waals surface area contributed by atoms with Crippen molar-refractivity contribution in [3.63, 3.8) is 0 Å². The molecule has 0 aromatic carbocycles. The number of carboxylic acid groups (broad SMARTS) is 1. The standard InChI is InChI=1S/C22H21N7O6S2/c23-22-25-12(10-37-22)14(27-35-13-4-5-24-17(13)30)18(31)26-15-19(32)29-16(21(33)34)11(9-36-20(15)29)8-28-6-2-1-3-7-28/h1-3,6-7,10,13,15,20H,4-5,8-9H2,(H4-,23,24,25,26,30,31,33,34)/b27-14-/t13-,15+,20+/m0/s1. The van der Waals surface area contributed by atoms with E-state index in [-0.39, 0.29) is 34.7 Å². The average Bonchev–Trinajstić information content (AvgIpc) is 3.50. The number of nitrogens with two attached hydrogens (primary N) is 1. The number of hydrogen-bond acceptors (Lipinski definition) is 11. The predicted octanol–water partition coefficient (Wildman–Crippen LogP) is -2.27. The Kier molecular flexibility index (Phi) is 6.80. The molecule has 5 rings (SSSR count). The van der Waals surface area contributed by atoms with Gasteiger partial charge in [0.1, 0.15) is 17.1 Å². The summed E-state index contributed by atoms with van der Waals surface area (Å²) in [6, 6.07) is 4.47. The molecule has 13 nitrogen and oxygen atoms in total. The number of thioether (sulfide) groups is 1. The second kappa shape index (κ2) is 10.2. The number of aromatic nitrogens is 2. The maximum absolute atomic E-state index is 13.2. The van der Waals surface area contributed by atoms with Gasteiger partial charge in [0.25, 0.3) is 17.7 Å². The van der Waals surface area contributed by atoms with Gasteiger partial charge in [-0.05, 0) is 0 Å². The summed E-state index contributed by atoms with van der Waals surface area (Å²) in [7, 11) is 0. The molecule has 2 aromatic rings. The van der Waals surface area contributed by atoms with Crippen molar-refractivity contribution in [1.82, 2.24) is 20.5 Å². The first kappa shape index (κ1) is 24.7. The van der Waals surface area contributed by atoms with Gasteiger partial charge in [-0.1, -0.05) is 11.2 Å². The molecule has 3 aliphatic heterocycles. The van der Waals surface area contributed by atoms with Crippen LogP contribution in [0.5, 0.6) is 0 Å². The Morgan fingerprint density at radius 1 is 1.32 bits per heavy atom. The zero-order chi connectivity index (χ0) is 26.1. The minimum atomic E-state index is -1.46. The fraction of sp³-hybridized carbons (Fsp3) is 0.318. The molecule has 0 aliphatic carbocycles. The number of aliphatic carboxylic acids is 1. The number of anilines is 1. The first-order valence-corrected chi connectivity index (χ1v) is 13.1. The van der Waals surface area contributed by atoms with E-state index in [2.05, 4.69) is 20.8 Å². The summed E-state index contributed by atoms with van der Waals surface area (Å²) in [6.07, 6.45) is 3.11. The number of carbonyl (C=O) groups is 4. The number of nitrogens with zero attached hydrogens (tertiary/aromatic N) is 4. The Hall–Kier alpha value is -3.98. The second-order valence-corrected chi connectivity index (χ2v) is 10.3. The van der Waals surface area contributed by atoms with Gasteiger partial charge in [0.2, 0.25) is 6.10 Å². The Morgan fingerprint density at radius 3 is 2.76 bits per heavy atom. The molecular weight excluding hydrogens is 522 g/mol. The van der Waals surface area contributed by atoms with E-state index in [1.807, 2.05) is 18.2 Å². The molecule has 3 amide bonds. The molecule has 0 radical (unpaired) electrons. The SMILES string of the molecule is Nc1nc(/C(=N/O[C@H]2CCNC2=O)C(=O)N[C@@H]2C(=O)N3C(C(=O)[O-])=C(C[n+]4ccccc4)CS[C@H]23)cs1. The third kappa shape index (κ3) is 4.86. The fourth-order valence-corrected chi connectivity index (χ4v) is 6.04. The maximum atomic E-state index is 13.2. The van der Waals surface area contributed by atoms with Crippen LogP contribution in [-0.4, -0.2) is 69.1 Å². The van der Waals surface area contributed by atoms with Gasteiger partial charge in [-0.3, -0.25) is 19.3 Å². The van der Waals surface area contributed by atoms with Crippen LogP contribution in [0.15, 0.2) is 52.4 Å². The number of oxime groups is 1. The van der Waals surface area contributed by atoms with Gasteiger partial charge < -0.3 is 31.1 Å². The van der Waals surface area contributed by atoms with E-state index in [0.717, 1.165) is 16.2 Å². The first-order chi connectivity index (χ1) is 17.8. The van der Waals surface area contributed by atoms with E-state index in [9.17, 15) is 24.3 Å². The highest BCUT2D eigenvalue weighted by molar-refractivity contribution is 8.00. The molecule has 2 saturated heterocycles. The van der Waals surface area contributed by atoms with Crippen LogP contribution in [-0.2, 0) is 30.6 Å². The number of β-lactam (4-membered cyclic amide) rings is 1. The van der Waals surface area contributed by atoms with Crippen molar-refractivity contribution in [2.24, 2.45) is 5.16 Å². The number of fused-ring (bicyclic) bond motifs is 1. The van der Waals surface area contributed by atoms with E-state index in [1.54, 1.807) is 17.0 Å². The van der Waals surface area contributed by atoms with Crippen LogP contribution in [0.3, 0.4) is 0 Å². The number of nitrogen functional groups attached to an aromatic ring is 1. The molecule has 2 aromatic heterocycles. The highest BCUT2D eigenvalue weighted by atomic mass is 32.2. The van der Waals surface area contributed by atoms with Gasteiger partial charge in [0.05, 0.1) is 11.7 Å². The van der Waals surface area contributed by atoms with Gasteiger partial charge in [0, 0.05) is 41.8 Å². The van der Waals surface area contributed by atoms with Gasteiger partial charge in [0.15, 0.2) is 29.8 Å². The molecule has 0 bridgehead atoms. The van der Waals surface area contributed by atoms with Crippen molar-refractivity contribution in [2.75, 3.05) is 18.0 Å². The number of hydrogen-bond donors (Lipinski definition) is 3. The normalized spacial score (nSPS) is 23.3. The Bertz CT molecular complexity index is 1330. The summed E-state index contributed by atoms with van der Waals surface area (Å²) in [5.41, 5.74) is 5.91. The summed E-state index contributed by atoms with van der Waals surface area (Å²) in [5, 5.41) is 22.1. The molecule has 0 spiro atoms. The number of rotatable bonds is 8. The monoisotopic (exact) mass is 543 g/mol. The molecule has 0 saturated carbocycles. The molecule has 0 unspecified atom stereocenters. The van der Waals surface area contributed by atoms with Crippen molar-refractivity contribution in [2.45, 2.75) is 30.5 Å². The van der Waals surface area contributed by atoms with E-state index in [4.69, 9.17) is 10.6 Å². The number of nitrogens with one attached hydrogen (secondary N) is 2. The van der Waals surface area contributed by atoms with Gasteiger partial charge in [-0.15, -0.1) is 23.1 Å². The van der Waals surface area contributed by atoms with E-state index >= 15 is 0 Å². The lowest BCUT2D eigenvalue weighted by molar-refractivity contribution is -0.689. The highest BCUT2D eigenvalue weighted by Gasteiger charge is 2.53. The lowest BCUT2D eigenvalue weighted by Crippen LogP contribution is -2.71. The van der Waals surface area contributed by atoms with E-state index in [0.29, 0.717) is 24.3 Å². The smallest absolute Gasteiger partial charge is 0.276 e. The summed E-state index contributed by atoms with van der Waals surface area (Å²) in [4.78, 5) is 60.5. The number of pyridine rings is 1. The minimum Gasteiger partial charge on any atom is -0.543 e. The Labute approximate surface area is 218 Å². The van der Waals surface area contributed by atoms with E-state index in [1.165, 1.54) is 17.1 Å². The van der Waals surface area contributed by atoms with Crippen molar-refractivity contribution in [3.05, 3.63) is 52.9 Å². The van der Waals surface area contributed by atoms with Crippen LogP contribution in [0.1, 0.15) is 12.1 Å². The molecule has 192 valence electrons. The largest absolute Gasteiger partial charge is 0.543 e. The number of thiazole rings is 1. The van der Waals surface area contributed by atoms with E-state index < -0.39 is 35.3 Å². The van der Waals surface area contributed by atoms with Gasteiger partial charge in [-0.25, -0.2) is 9.55 Å². The summed E-state index contributed by atoms with van der Waals surface area (Å²) < 4.78 is 1.80. The molecule has 3 atom stereocenters. The van der Waals surface area contributed by atoms with Crippen LogP contribution >= 0.6 is 23.1 Å². The molecule has 2 fully saturated rings. The van der Waals surface area contributed by atoms with Crippen LogP contribution in [0, 0.1) is 0 Å². The fourth-order valence-electron chi connectivity index (χ4n) is 4.15. The zero-order valence-corrected chi connectivity index (χ0v) is 20.8. The topological polar surface area (TPSA) is 183 Å². The molecular formula is C22H21N7O6S2. The first-order valence-electron chi connectivity index (χ1n) is 11.2. The summed E-state index contributed by atoms with van der Waals surface area (Å²) in [5.74, 6) is -2.84. The van der Waals surface area contributed by atoms with Gasteiger partial charge in [-0.2, -0.15) is 0 Å². The lowest BCUT2D eigenvalue weighted by atomic mass is 10.0. The average molecular weight is 544 g/mol. The molecule has 3 aliphatic rings. The van der Waals surface area contributed by atoms with Crippen molar-refractivity contribution >= 4 is 57.6 Å². The number of carbonyl (C=O) groups excluding carboxylic acids is 4. The van der Waals surface area contributed by atoms with Gasteiger partial charge >= 0.3 is 0 Å². The van der Waals surface area contributed by atoms with Crippen LogP contribution in [0.25, 0.3) is 0 Å². The van der Waals surface area contributed by atoms with Crippen LogP contribution < -0.4 is 26.0 Å². The maximum Gasteiger partial charge on any atom is 0.276 e. The summed E-state index contributed by atoms with van der Waals surface area (Å²) >= 11 is 2.41. The predicted molar refractivity (Wildman–Crippen MR) is 129 cm³/mol. The minimum absolute atomic E-state index is 0.121. The second-order valence-electron chi connectivity index (χ2n) is 8.33. The summed E-state index contributed by atoms with van der Waals surface area (Å²) in [6.45, 7) is 0.702. The third-order valence-electron chi connectivity index (χ3n) is 5.93. The van der Waals surface area contributed by atoms with Crippen LogP contribution in [0.4, 0.5) is 5.13 Å². The van der Waals surface area contributed by atoms with Crippen molar-refractivity contribution in [1.29, 1.82) is 0 Å². The molecule has 15 heteroatoms. The third-order valence-corrected chi connectivity index (χ3v) is 7.94. The highest BCUT2D eigenvalue weighted by Crippen LogP contribution is 2.40.